The summed E-state index contributed by atoms with van der Waals surface area (Å²) in [4.78, 5) is 12.4. The van der Waals surface area contributed by atoms with E-state index >= 15 is 0 Å². The van der Waals surface area contributed by atoms with Crippen LogP contribution in [0.3, 0.4) is 0 Å². The fourth-order valence-corrected chi connectivity index (χ4v) is 9.65. The van der Waals surface area contributed by atoms with Crippen LogP contribution in [0.25, 0.3) is 0 Å². The summed E-state index contributed by atoms with van der Waals surface area (Å²) in [5, 5.41) is 21.0. The Balaban J connectivity index is 1.60. The highest BCUT2D eigenvalue weighted by Gasteiger charge is 2.63. The number of hydrogen-bond acceptors (Lipinski definition) is 2. The summed E-state index contributed by atoms with van der Waals surface area (Å²) >= 11 is 0. The topological polar surface area (TPSA) is 57.5 Å². The molecular weight excluding hydrogens is 396 g/mol. The van der Waals surface area contributed by atoms with Gasteiger partial charge in [-0.2, -0.15) is 0 Å². The van der Waals surface area contributed by atoms with Crippen molar-refractivity contribution in [3.63, 3.8) is 0 Å². The molecule has 32 heavy (non-hydrogen) atoms. The van der Waals surface area contributed by atoms with Crippen LogP contribution in [0.2, 0.25) is 0 Å². The Kier molecular flexibility index (Phi) is 4.94. The second-order valence-electron chi connectivity index (χ2n) is 14.0. The summed E-state index contributed by atoms with van der Waals surface area (Å²) in [5.41, 5.74) is 3.38. The van der Waals surface area contributed by atoms with E-state index in [0.717, 1.165) is 51.4 Å². The molecule has 178 valence electrons. The quantitative estimate of drug-likeness (QED) is 0.482. The van der Waals surface area contributed by atoms with Gasteiger partial charge >= 0.3 is 5.97 Å². The third kappa shape index (κ3) is 2.98. The molecule has 0 spiro atoms. The Morgan fingerprint density at radius 3 is 2.38 bits per heavy atom. The van der Waals surface area contributed by atoms with Gasteiger partial charge in [-0.3, -0.25) is 4.79 Å². The summed E-state index contributed by atoms with van der Waals surface area (Å²) in [6.45, 7) is 14.3. The normalized spacial score (nSPS) is 48.8. The number of hydrogen-bond donors (Lipinski definition) is 2. The second kappa shape index (κ2) is 6.96. The molecule has 8 unspecified atom stereocenters. The van der Waals surface area contributed by atoms with Crippen molar-refractivity contribution in [2.75, 3.05) is 0 Å². The number of aliphatic hydroxyl groups excluding tert-OH is 1. The largest absolute Gasteiger partial charge is 0.481 e. The number of carboxylic acids is 1. The molecule has 5 aliphatic carbocycles. The summed E-state index contributed by atoms with van der Waals surface area (Å²) in [5.74, 6) is 0.734. The van der Waals surface area contributed by atoms with Crippen LogP contribution < -0.4 is 0 Å². The fourth-order valence-electron chi connectivity index (χ4n) is 9.65. The van der Waals surface area contributed by atoms with E-state index in [1.54, 1.807) is 0 Å². The molecule has 3 nitrogen and oxygen atoms in total. The van der Waals surface area contributed by atoms with Crippen LogP contribution in [0.1, 0.15) is 92.9 Å². The van der Waals surface area contributed by atoms with Crippen molar-refractivity contribution in [1.82, 2.24) is 0 Å². The predicted octanol–water partition coefficient (Wildman–Crippen LogP) is 6.62. The first kappa shape index (κ1) is 22.7. The zero-order chi connectivity index (χ0) is 23.3. The van der Waals surface area contributed by atoms with Crippen LogP contribution in [0.15, 0.2) is 23.3 Å². The van der Waals surface area contributed by atoms with Gasteiger partial charge in [0.15, 0.2) is 0 Å². The second-order valence-corrected chi connectivity index (χ2v) is 14.0. The van der Waals surface area contributed by atoms with Crippen LogP contribution >= 0.6 is 0 Å². The van der Waals surface area contributed by atoms with E-state index < -0.39 is 5.97 Å². The maximum atomic E-state index is 12.4. The van der Waals surface area contributed by atoms with E-state index in [-0.39, 0.29) is 34.2 Å². The third-order valence-electron chi connectivity index (χ3n) is 11.5. The first-order chi connectivity index (χ1) is 14.8. The molecule has 0 aromatic heterocycles. The van der Waals surface area contributed by atoms with Gasteiger partial charge in [-0.1, -0.05) is 53.7 Å². The van der Waals surface area contributed by atoms with Crippen LogP contribution in [0.5, 0.6) is 0 Å². The zero-order valence-electron chi connectivity index (χ0n) is 21.1. The number of carboxylic acid groups (broad SMARTS) is 1. The standard InChI is InChI=1S/C29H44O3/c1-26(2)12-9-17-19(25(31)32)15-21-18(20(17)16-26)7-8-23-28(21,5)13-10-22-27(3,4)24(30)11-14-29(22,23)6/h7,15,17,19-20,22-24,30H,8-14,16H2,1-6H3,(H,31,32). The maximum absolute atomic E-state index is 12.4. The van der Waals surface area contributed by atoms with Crippen LogP contribution in [-0.4, -0.2) is 22.3 Å². The first-order valence-corrected chi connectivity index (χ1v) is 13.1. The Morgan fingerprint density at radius 1 is 0.969 bits per heavy atom. The van der Waals surface area contributed by atoms with Crippen molar-refractivity contribution in [3.8, 4) is 0 Å². The van der Waals surface area contributed by atoms with Crippen LogP contribution in [-0.2, 0) is 4.79 Å². The summed E-state index contributed by atoms with van der Waals surface area (Å²) in [6.07, 6.45) is 13.2. The smallest absolute Gasteiger partial charge is 0.310 e. The van der Waals surface area contributed by atoms with E-state index in [1.807, 2.05) is 0 Å². The van der Waals surface area contributed by atoms with Crippen LogP contribution in [0.4, 0.5) is 0 Å². The highest BCUT2D eigenvalue weighted by Crippen LogP contribution is 2.70. The molecule has 3 fully saturated rings. The molecule has 3 heteroatoms. The molecule has 0 aliphatic heterocycles. The molecule has 0 saturated heterocycles. The SMILES string of the molecule is CC1(C)CCC2C(C(=O)O)C=C3C(=CCC4C3(C)CCC3C(C)(C)C(O)CCC43C)C2C1. The molecule has 5 rings (SSSR count). The van der Waals surface area contributed by atoms with Crippen molar-refractivity contribution in [2.24, 2.45) is 51.2 Å². The van der Waals surface area contributed by atoms with Gasteiger partial charge in [0.25, 0.3) is 0 Å². The van der Waals surface area contributed by atoms with Gasteiger partial charge in [0.05, 0.1) is 12.0 Å². The number of allylic oxidation sites excluding steroid dienone is 3. The van der Waals surface area contributed by atoms with Gasteiger partial charge in [-0.05, 0) is 108 Å². The predicted molar refractivity (Wildman–Crippen MR) is 128 cm³/mol. The number of aliphatic carboxylic acids is 1. The molecule has 0 bridgehead atoms. The fraction of sp³-hybridized carbons (Fsp3) is 0.828. The third-order valence-corrected chi connectivity index (χ3v) is 11.5. The Bertz CT molecular complexity index is 879. The van der Waals surface area contributed by atoms with Gasteiger partial charge in [0.1, 0.15) is 0 Å². The minimum Gasteiger partial charge on any atom is -0.481 e. The first-order valence-electron chi connectivity index (χ1n) is 13.1. The molecule has 2 N–H and O–H groups in total. The molecule has 0 amide bonds. The van der Waals surface area contributed by atoms with Gasteiger partial charge in [0.2, 0.25) is 0 Å². The maximum Gasteiger partial charge on any atom is 0.310 e. The Morgan fingerprint density at radius 2 is 1.69 bits per heavy atom. The lowest BCUT2D eigenvalue weighted by Gasteiger charge is -2.66. The van der Waals surface area contributed by atoms with Gasteiger partial charge < -0.3 is 10.2 Å². The molecule has 0 heterocycles. The Labute approximate surface area is 194 Å². The highest BCUT2D eigenvalue weighted by molar-refractivity contribution is 5.74. The number of rotatable bonds is 1. The van der Waals surface area contributed by atoms with Crippen molar-refractivity contribution >= 4 is 5.97 Å². The van der Waals surface area contributed by atoms with E-state index in [2.05, 4.69) is 53.7 Å². The average Bonchev–Trinajstić information content (AvgIpc) is 2.69. The number of carbonyl (C=O) groups is 1. The van der Waals surface area contributed by atoms with Crippen LogP contribution in [0, 0.1) is 51.2 Å². The minimum absolute atomic E-state index is 0.0496. The van der Waals surface area contributed by atoms with E-state index in [4.69, 9.17) is 0 Å². The van der Waals surface area contributed by atoms with Gasteiger partial charge in [-0.25, -0.2) is 0 Å². The van der Waals surface area contributed by atoms with E-state index in [1.165, 1.54) is 11.1 Å². The lowest BCUT2D eigenvalue weighted by atomic mass is 9.39. The highest BCUT2D eigenvalue weighted by atomic mass is 16.4. The van der Waals surface area contributed by atoms with E-state index in [9.17, 15) is 15.0 Å². The van der Waals surface area contributed by atoms with Crippen molar-refractivity contribution in [2.45, 2.75) is 99.0 Å². The van der Waals surface area contributed by atoms with Crippen molar-refractivity contribution in [1.29, 1.82) is 0 Å². The molecule has 0 radical (unpaired) electrons. The molecule has 0 aromatic rings. The molecule has 0 aromatic carbocycles. The van der Waals surface area contributed by atoms with Gasteiger partial charge in [-0.15, -0.1) is 0 Å². The molecule has 5 aliphatic rings. The van der Waals surface area contributed by atoms with Gasteiger partial charge in [0, 0.05) is 0 Å². The average molecular weight is 441 g/mol. The number of aliphatic hydroxyl groups is 1. The lowest BCUT2D eigenvalue weighted by Crippen LogP contribution is -2.60. The Hall–Kier alpha value is -1.09. The summed E-state index contributed by atoms with van der Waals surface area (Å²) in [7, 11) is 0. The van der Waals surface area contributed by atoms with E-state index in [0.29, 0.717) is 23.2 Å². The lowest BCUT2D eigenvalue weighted by molar-refractivity contribution is -0.164. The molecular formula is C29H44O3. The van der Waals surface area contributed by atoms with Crippen molar-refractivity contribution in [3.05, 3.63) is 23.3 Å². The van der Waals surface area contributed by atoms with Crippen molar-refractivity contribution < 1.29 is 15.0 Å². The minimum atomic E-state index is -0.626. The molecule has 8 atom stereocenters. The summed E-state index contributed by atoms with van der Waals surface area (Å²) < 4.78 is 0. The summed E-state index contributed by atoms with van der Waals surface area (Å²) in [6, 6.07) is 0. The zero-order valence-corrected chi connectivity index (χ0v) is 21.1. The number of fused-ring (bicyclic) bond motifs is 7. The monoisotopic (exact) mass is 440 g/mol. The molecule has 3 saturated carbocycles.